The van der Waals surface area contributed by atoms with Gasteiger partial charge in [-0.2, -0.15) is 0 Å². The standard InChI is InChI=1S/C27H28ClN3/c1-20-22(19-30-16-14-29(2)15-17-30)18-27(24-11-5-6-12-25(24)28)31(20)26-13-7-9-21-8-3-4-10-23(21)26/h3-13,18H,14-17,19H2,1-2H3. The summed E-state index contributed by atoms with van der Waals surface area (Å²) < 4.78 is 2.40. The van der Waals surface area contributed by atoms with Gasteiger partial charge in [0.15, 0.2) is 0 Å². The Morgan fingerprint density at radius 2 is 1.55 bits per heavy atom. The summed E-state index contributed by atoms with van der Waals surface area (Å²) in [5.41, 5.74) is 6.08. The number of fused-ring (bicyclic) bond motifs is 1. The van der Waals surface area contributed by atoms with Crippen molar-refractivity contribution in [2.75, 3.05) is 33.2 Å². The second kappa shape index (κ2) is 8.51. The number of likely N-dealkylation sites (N-methyl/N-ethyl adjacent to an activating group) is 1. The summed E-state index contributed by atoms with van der Waals surface area (Å²) in [6.45, 7) is 7.68. The summed E-state index contributed by atoms with van der Waals surface area (Å²) in [6.07, 6.45) is 0. The van der Waals surface area contributed by atoms with Gasteiger partial charge in [0.2, 0.25) is 0 Å². The molecule has 5 rings (SSSR count). The Balaban J connectivity index is 1.67. The van der Waals surface area contributed by atoms with Crippen molar-refractivity contribution in [3.05, 3.63) is 89.1 Å². The van der Waals surface area contributed by atoms with Gasteiger partial charge in [0.05, 0.1) is 11.4 Å². The molecule has 3 aromatic carbocycles. The number of rotatable bonds is 4. The van der Waals surface area contributed by atoms with E-state index in [1.807, 2.05) is 12.1 Å². The molecule has 0 radical (unpaired) electrons. The van der Waals surface area contributed by atoms with Gasteiger partial charge in [-0.05, 0) is 43.1 Å². The third-order valence-electron chi connectivity index (χ3n) is 6.50. The first-order chi connectivity index (χ1) is 15.1. The molecule has 1 aliphatic rings. The summed E-state index contributed by atoms with van der Waals surface area (Å²) >= 11 is 6.68. The first-order valence-corrected chi connectivity index (χ1v) is 11.3. The van der Waals surface area contributed by atoms with Crippen molar-refractivity contribution < 1.29 is 0 Å². The van der Waals surface area contributed by atoms with Gasteiger partial charge in [-0.3, -0.25) is 4.90 Å². The van der Waals surface area contributed by atoms with Gasteiger partial charge in [-0.15, -0.1) is 0 Å². The lowest BCUT2D eigenvalue weighted by Crippen LogP contribution is -2.43. The molecule has 1 aromatic heterocycles. The smallest absolute Gasteiger partial charge is 0.0549 e. The fourth-order valence-corrected chi connectivity index (χ4v) is 4.88. The molecule has 1 saturated heterocycles. The third kappa shape index (κ3) is 3.89. The lowest BCUT2D eigenvalue weighted by Gasteiger charge is -2.32. The Kier molecular flexibility index (Phi) is 5.58. The fourth-order valence-electron chi connectivity index (χ4n) is 4.65. The van der Waals surface area contributed by atoms with Crippen molar-refractivity contribution in [2.24, 2.45) is 0 Å². The molecule has 0 amide bonds. The van der Waals surface area contributed by atoms with E-state index in [1.54, 1.807) is 0 Å². The minimum absolute atomic E-state index is 0.785. The Morgan fingerprint density at radius 1 is 0.839 bits per heavy atom. The molecular weight excluding hydrogens is 402 g/mol. The van der Waals surface area contributed by atoms with Crippen molar-refractivity contribution in [3.63, 3.8) is 0 Å². The second-order valence-electron chi connectivity index (χ2n) is 8.53. The predicted molar refractivity (Wildman–Crippen MR) is 131 cm³/mol. The van der Waals surface area contributed by atoms with Crippen LogP contribution in [0.5, 0.6) is 0 Å². The zero-order chi connectivity index (χ0) is 21.4. The van der Waals surface area contributed by atoms with Crippen molar-refractivity contribution in [1.29, 1.82) is 0 Å². The number of piperazine rings is 1. The molecule has 1 fully saturated rings. The predicted octanol–water partition coefficient (Wildman–Crippen LogP) is 6.01. The highest BCUT2D eigenvalue weighted by Gasteiger charge is 2.21. The maximum absolute atomic E-state index is 6.68. The van der Waals surface area contributed by atoms with Crippen LogP contribution in [0.15, 0.2) is 72.8 Å². The zero-order valence-electron chi connectivity index (χ0n) is 18.2. The number of nitrogens with zero attached hydrogens (tertiary/aromatic N) is 3. The Bertz CT molecular complexity index is 1210. The molecule has 1 aliphatic heterocycles. The van der Waals surface area contributed by atoms with E-state index in [1.165, 1.54) is 27.7 Å². The number of aromatic nitrogens is 1. The first kappa shape index (κ1) is 20.3. The van der Waals surface area contributed by atoms with Crippen LogP contribution in [0.2, 0.25) is 5.02 Å². The van der Waals surface area contributed by atoms with Crippen LogP contribution in [-0.2, 0) is 6.54 Å². The van der Waals surface area contributed by atoms with Gasteiger partial charge in [0, 0.05) is 54.4 Å². The maximum atomic E-state index is 6.68. The highest BCUT2D eigenvalue weighted by Crippen LogP contribution is 2.36. The van der Waals surface area contributed by atoms with Crippen LogP contribution >= 0.6 is 11.6 Å². The highest BCUT2D eigenvalue weighted by atomic mass is 35.5. The van der Waals surface area contributed by atoms with E-state index in [9.17, 15) is 0 Å². The van der Waals surface area contributed by atoms with Crippen molar-refractivity contribution in [3.8, 4) is 16.9 Å². The SMILES string of the molecule is Cc1c(CN2CCN(C)CC2)cc(-c2ccccc2Cl)n1-c1cccc2ccccc12. The minimum Gasteiger partial charge on any atom is -0.313 e. The van der Waals surface area contributed by atoms with Crippen LogP contribution in [0.4, 0.5) is 0 Å². The molecule has 4 aromatic rings. The average molecular weight is 430 g/mol. The van der Waals surface area contributed by atoms with Gasteiger partial charge >= 0.3 is 0 Å². The van der Waals surface area contributed by atoms with E-state index < -0.39 is 0 Å². The summed E-state index contributed by atoms with van der Waals surface area (Å²) in [6, 6.07) is 25.7. The van der Waals surface area contributed by atoms with Crippen molar-refractivity contribution in [2.45, 2.75) is 13.5 Å². The molecular formula is C27H28ClN3. The summed E-state index contributed by atoms with van der Waals surface area (Å²) in [4.78, 5) is 4.96. The van der Waals surface area contributed by atoms with Crippen LogP contribution in [0.25, 0.3) is 27.7 Å². The Hall–Kier alpha value is -2.59. The molecule has 4 heteroatoms. The fraction of sp³-hybridized carbons (Fsp3) is 0.259. The second-order valence-corrected chi connectivity index (χ2v) is 8.94. The summed E-state index contributed by atoms with van der Waals surface area (Å²) in [7, 11) is 2.20. The average Bonchev–Trinajstić information content (AvgIpc) is 3.11. The monoisotopic (exact) mass is 429 g/mol. The van der Waals surface area contributed by atoms with Crippen molar-refractivity contribution in [1.82, 2.24) is 14.4 Å². The first-order valence-electron chi connectivity index (χ1n) is 11.0. The van der Waals surface area contributed by atoms with Gasteiger partial charge < -0.3 is 9.47 Å². The largest absolute Gasteiger partial charge is 0.313 e. The van der Waals surface area contributed by atoms with Gasteiger partial charge in [-0.1, -0.05) is 66.2 Å². The number of hydrogen-bond acceptors (Lipinski definition) is 2. The molecule has 0 saturated carbocycles. The van der Waals surface area contributed by atoms with Crippen LogP contribution in [0.1, 0.15) is 11.3 Å². The molecule has 0 spiro atoms. The number of hydrogen-bond donors (Lipinski definition) is 0. The molecule has 31 heavy (non-hydrogen) atoms. The van der Waals surface area contributed by atoms with E-state index in [0.29, 0.717) is 0 Å². The van der Waals surface area contributed by atoms with Crippen LogP contribution in [-0.4, -0.2) is 47.6 Å². The summed E-state index contributed by atoms with van der Waals surface area (Å²) in [5.74, 6) is 0. The minimum atomic E-state index is 0.785. The van der Waals surface area contributed by atoms with Gasteiger partial charge in [0.1, 0.15) is 0 Å². The lowest BCUT2D eigenvalue weighted by atomic mass is 10.1. The topological polar surface area (TPSA) is 11.4 Å². The molecule has 0 bridgehead atoms. The highest BCUT2D eigenvalue weighted by molar-refractivity contribution is 6.33. The lowest BCUT2D eigenvalue weighted by molar-refractivity contribution is 0.148. The van der Waals surface area contributed by atoms with Gasteiger partial charge in [0.25, 0.3) is 0 Å². The number of halogens is 1. The van der Waals surface area contributed by atoms with Crippen LogP contribution < -0.4 is 0 Å². The molecule has 0 atom stereocenters. The van der Waals surface area contributed by atoms with E-state index in [-0.39, 0.29) is 0 Å². The van der Waals surface area contributed by atoms with E-state index in [4.69, 9.17) is 11.6 Å². The Labute approximate surface area is 189 Å². The van der Waals surface area contributed by atoms with E-state index in [0.717, 1.165) is 49.0 Å². The van der Waals surface area contributed by atoms with E-state index in [2.05, 4.69) is 89.0 Å². The Morgan fingerprint density at radius 3 is 2.35 bits per heavy atom. The normalized spacial score (nSPS) is 15.6. The molecule has 0 unspecified atom stereocenters. The third-order valence-corrected chi connectivity index (χ3v) is 6.83. The molecule has 2 heterocycles. The zero-order valence-corrected chi connectivity index (χ0v) is 18.9. The molecule has 3 nitrogen and oxygen atoms in total. The maximum Gasteiger partial charge on any atom is 0.0549 e. The quantitative estimate of drug-likeness (QED) is 0.393. The molecule has 158 valence electrons. The van der Waals surface area contributed by atoms with Crippen LogP contribution in [0.3, 0.4) is 0 Å². The number of benzene rings is 3. The van der Waals surface area contributed by atoms with Gasteiger partial charge in [-0.25, -0.2) is 0 Å². The molecule has 0 aliphatic carbocycles. The van der Waals surface area contributed by atoms with Crippen molar-refractivity contribution >= 4 is 22.4 Å². The summed E-state index contributed by atoms with van der Waals surface area (Å²) in [5, 5.41) is 3.29. The molecule has 0 N–H and O–H groups in total. The van der Waals surface area contributed by atoms with E-state index >= 15 is 0 Å². The van der Waals surface area contributed by atoms with Crippen LogP contribution in [0, 0.1) is 6.92 Å².